The summed E-state index contributed by atoms with van der Waals surface area (Å²) in [6.45, 7) is 8.02. The van der Waals surface area contributed by atoms with E-state index in [9.17, 15) is 9.59 Å². The number of amides is 2. The molecule has 1 heterocycles. The highest BCUT2D eigenvalue weighted by molar-refractivity contribution is 6.02. The highest BCUT2D eigenvalue weighted by Gasteiger charge is 2.16. The van der Waals surface area contributed by atoms with E-state index in [1.165, 1.54) is 11.8 Å². The van der Waals surface area contributed by atoms with Crippen molar-refractivity contribution in [1.82, 2.24) is 0 Å². The second-order valence-electron chi connectivity index (χ2n) is 7.43. The Bertz CT molecular complexity index is 1030. The number of anilines is 2. The predicted octanol–water partition coefficient (Wildman–Crippen LogP) is 5.37. The fraction of sp³-hybridized carbons (Fsp3) is 0.250. The molecule has 2 amide bonds. The van der Waals surface area contributed by atoms with E-state index in [0.717, 1.165) is 5.56 Å². The number of rotatable bonds is 7. The van der Waals surface area contributed by atoms with Gasteiger partial charge in [-0.2, -0.15) is 0 Å². The molecule has 2 N–H and O–H groups in total. The molecule has 0 bridgehead atoms. The summed E-state index contributed by atoms with van der Waals surface area (Å²) in [4.78, 5) is 24.7. The molecule has 0 aliphatic rings. The Hall–Kier alpha value is -3.54. The Morgan fingerprint density at radius 1 is 0.933 bits per heavy atom. The molecule has 156 valence electrons. The van der Waals surface area contributed by atoms with Crippen molar-refractivity contribution in [2.24, 2.45) is 0 Å². The number of hydrogen-bond acceptors (Lipinski definition) is 4. The standard InChI is InChI=1S/C24H26N2O4/c1-15(2)21-11-10-20(13-16(21)3)30-17(4)23(27)25-18-7-5-8-19(14-18)26-24(28)22-9-6-12-29-22/h5-15,17H,1-4H3,(H,25,27)(H,26,28). The van der Waals surface area contributed by atoms with E-state index < -0.39 is 6.10 Å². The summed E-state index contributed by atoms with van der Waals surface area (Å²) in [7, 11) is 0. The molecule has 2 aromatic carbocycles. The first kappa shape index (κ1) is 21.2. The van der Waals surface area contributed by atoms with Gasteiger partial charge >= 0.3 is 0 Å². The first-order valence-corrected chi connectivity index (χ1v) is 9.86. The molecular formula is C24H26N2O4. The van der Waals surface area contributed by atoms with Crippen LogP contribution in [-0.4, -0.2) is 17.9 Å². The lowest BCUT2D eigenvalue weighted by molar-refractivity contribution is -0.122. The molecule has 6 heteroatoms. The van der Waals surface area contributed by atoms with E-state index in [0.29, 0.717) is 23.0 Å². The highest BCUT2D eigenvalue weighted by Crippen LogP contribution is 2.24. The zero-order chi connectivity index (χ0) is 21.7. The lowest BCUT2D eigenvalue weighted by atomic mass is 9.98. The molecule has 1 unspecified atom stereocenters. The summed E-state index contributed by atoms with van der Waals surface area (Å²) < 4.78 is 10.9. The third-order valence-corrected chi connectivity index (χ3v) is 4.68. The van der Waals surface area contributed by atoms with Crippen LogP contribution >= 0.6 is 0 Å². The molecule has 3 aromatic rings. The van der Waals surface area contributed by atoms with E-state index in [1.54, 1.807) is 43.3 Å². The molecule has 3 rings (SSSR count). The van der Waals surface area contributed by atoms with Crippen LogP contribution in [0.25, 0.3) is 0 Å². The number of carbonyl (C=O) groups excluding carboxylic acids is 2. The van der Waals surface area contributed by atoms with Gasteiger partial charge in [-0.1, -0.05) is 26.0 Å². The molecule has 30 heavy (non-hydrogen) atoms. The van der Waals surface area contributed by atoms with E-state index in [1.807, 2.05) is 25.1 Å². The van der Waals surface area contributed by atoms with Gasteiger partial charge in [-0.05, 0) is 73.4 Å². The average Bonchev–Trinajstić information content (AvgIpc) is 3.23. The highest BCUT2D eigenvalue weighted by atomic mass is 16.5. The fourth-order valence-corrected chi connectivity index (χ4v) is 3.15. The topological polar surface area (TPSA) is 80.6 Å². The summed E-state index contributed by atoms with van der Waals surface area (Å²) >= 11 is 0. The normalized spacial score (nSPS) is 11.8. The van der Waals surface area contributed by atoms with Gasteiger partial charge in [0.2, 0.25) is 0 Å². The number of hydrogen-bond donors (Lipinski definition) is 2. The van der Waals surface area contributed by atoms with Gasteiger partial charge in [-0.25, -0.2) is 0 Å². The van der Waals surface area contributed by atoms with Crippen LogP contribution in [0.3, 0.4) is 0 Å². The number of furan rings is 1. The largest absolute Gasteiger partial charge is 0.481 e. The van der Waals surface area contributed by atoms with Gasteiger partial charge in [0.25, 0.3) is 11.8 Å². The third kappa shape index (κ3) is 5.29. The van der Waals surface area contributed by atoms with E-state index >= 15 is 0 Å². The van der Waals surface area contributed by atoms with Crippen molar-refractivity contribution in [2.45, 2.75) is 39.7 Å². The predicted molar refractivity (Wildman–Crippen MR) is 117 cm³/mol. The monoisotopic (exact) mass is 406 g/mol. The molecule has 1 aromatic heterocycles. The van der Waals surface area contributed by atoms with Crippen molar-refractivity contribution in [3.8, 4) is 5.75 Å². The Morgan fingerprint density at radius 2 is 1.67 bits per heavy atom. The van der Waals surface area contributed by atoms with Crippen LogP contribution < -0.4 is 15.4 Å². The first-order valence-electron chi connectivity index (χ1n) is 9.86. The molecule has 0 radical (unpaired) electrons. The Morgan fingerprint density at radius 3 is 2.30 bits per heavy atom. The fourth-order valence-electron chi connectivity index (χ4n) is 3.15. The van der Waals surface area contributed by atoms with Crippen molar-refractivity contribution >= 4 is 23.2 Å². The van der Waals surface area contributed by atoms with Crippen molar-refractivity contribution < 1.29 is 18.7 Å². The van der Waals surface area contributed by atoms with Gasteiger partial charge in [-0.15, -0.1) is 0 Å². The minimum Gasteiger partial charge on any atom is -0.481 e. The van der Waals surface area contributed by atoms with Gasteiger partial charge in [0.05, 0.1) is 6.26 Å². The number of nitrogens with one attached hydrogen (secondary N) is 2. The molecular weight excluding hydrogens is 380 g/mol. The molecule has 0 aliphatic carbocycles. The second kappa shape index (κ2) is 9.31. The minimum atomic E-state index is -0.685. The maximum absolute atomic E-state index is 12.6. The molecule has 0 fully saturated rings. The number of ether oxygens (including phenoxy) is 1. The van der Waals surface area contributed by atoms with Crippen LogP contribution in [0.15, 0.2) is 65.3 Å². The molecule has 0 saturated heterocycles. The lowest BCUT2D eigenvalue weighted by Gasteiger charge is -2.17. The summed E-state index contributed by atoms with van der Waals surface area (Å²) in [5.74, 6) is 0.653. The molecule has 0 saturated carbocycles. The summed E-state index contributed by atoms with van der Waals surface area (Å²) in [6, 6.07) is 16.0. The number of carbonyl (C=O) groups is 2. The van der Waals surface area contributed by atoms with Crippen LogP contribution in [0.2, 0.25) is 0 Å². The van der Waals surface area contributed by atoms with E-state index in [-0.39, 0.29) is 17.6 Å². The van der Waals surface area contributed by atoms with Crippen molar-refractivity contribution in [2.75, 3.05) is 10.6 Å². The van der Waals surface area contributed by atoms with Crippen LogP contribution in [-0.2, 0) is 4.79 Å². The van der Waals surface area contributed by atoms with Gasteiger partial charge < -0.3 is 19.8 Å². The lowest BCUT2D eigenvalue weighted by Crippen LogP contribution is -2.30. The molecule has 0 spiro atoms. The Kier molecular flexibility index (Phi) is 6.57. The van der Waals surface area contributed by atoms with Crippen molar-refractivity contribution in [3.63, 3.8) is 0 Å². The first-order chi connectivity index (χ1) is 14.3. The summed E-state index contributed by atoms with van der Waals surface area (Å²) in [6.07, 6.45) is 0.751. The van der Waals surface area contributed by atoms with Crippen LogP contribution in [0.4, 0.5) is 11.4 Å². The van der Waals surface area contributed by atoms with E-state index in [4.69, 9.17) is 9.15 Å². The van der Waals surface area contributed by atoms with Gasteiger partial charge in [-0.3, -0.25) is 9.59 Å². The Labute approximate surface area is 176 Å². The average molecular weight is 406 g/mol. The molecule has 0 aliphatic heterocycles. The maximum atomic E-state index is 12.6. The zero-order valence-corrected chi connectivity index (χ0v) is 17.6. The van der Waals surface area contributed by atoms with Gasteiger partial charge in [0.15, 0.2) is 11.9 Å². The number of aryl methyl sites for hydroxylation is 1. The van der Waals surface area contributed by atoms with Crippen LogP contribution in [0.1, 0.15) is 48.4 Å². The van der Waals surface area contributed by atoms with Gasteiger partial charge in [0, 0.05) is 11.4 Å². The zero-order valence-electron chi connectivity index (χ0n) is 17.6. The van der Waals surface area contributed by atoms with Crippen molar-refractivity contribution in [1.29, 1.82) is 0 Å². The third-order valence-electron chi connectivity index (χ3n) is 4.68. The minimum absolute atomic E-state index is 0.213. The maximum Gasteiger partial charge on any atom is 0.291 e. The van der Waals surface area contributed by atoms with E-state index in [2.05, 4.69) is 24.5 Å². The SMILES string of the molecule is Cc1cc(OC(C)C(=O)Nc2cccc(NC(=O)c3ccco3)c2)ccc1C(C)C. The van der Waals surface area contributed by atoms with Crippen molar-refractivity contribution in [3.05, 3.63) is 77.7 Å². The molecule has 1 atom stereocenters. The second-order valence-corrected chi connectivity index (χ2v) is 7.43. The van der Waals surface area contributed by atoms with Crippen LogP contribution in [0, 0.1) is 6.92 Å². The van der Waals surface area contributed by atoms with Crippen LogP contribution in [0.5, 0.6) is 5.75 Å². The summed E-state index contributed by atoms with van der Waals surface area (Å²) in [5, 5.41) is 5.55. The quantitative estimate of drug-likeness (QED) is 0.553. The smallest absolute Gasteiger partial charge is 0.291 e. The van der Waals surface area contributed by atoms with Gasteiger partial charge in [0.1, 0.15) is 5.75 Å². The number of benzene rings is 2. The summed E-state index contributed by atoms with van der Waals surface area (Å²) in [5.41, 5.74) is 3.49. The Balaban J connectivity index is 1.61. The molecule has 6 nitrogen and oxygen atoms in total.